The highest BCUT2D eigenvalue weighted by Crippen LogP contribution is 2.44. The van der Waals surface area contributed by atoms with Crippen LogP contribution in [0.2, 0.25) is 0 Å². The van der Waals surface area contributed by atoms with Crippen LogP contribution in [-0.2, 0) is 0 Å². The van der Waals surface area contributed by atoms with Crippen molar-refractivity contribution in [3.05, 3.63) is 152 Å². The number of para-hydroxylation sites is 3. The van der Waals surface area contributed by atoms with Crippen LogP contribution in [0.4, 0.5) is 17.1 Å². The molecule has 3 nitrogen and oxygen atoms in total. The average molecular weight is 552 g/mol. The number of furan rings is 2. The highest BCUT2D eigenvalue weighted by atomic mass is 16.3. The Bertz CT molecular complexity index is 2450. The lowest BCUT2D eigenvalue weighted by Crippen LogP contribution is -2.10. The monoisotopic (exact) mass is 551 g/mol. The smallest absolute Gasteiger partial charge is 0.159 e. The van der Waals surface area contributed by atoms with Crippen LogP contribution < -0.4 is 4.90 Å². The molecule has 0 bridgehead atoms. The van der Waals surface area contributed by atoms with Gasteiger partial charge in [-0.15, -0.1) is 0 Å². The first kappa shape index (κ1) is 23.9. The number of benzene rings is 7. The number of rotatable bonds is 4. The molecule has 2 aromatic heterocycles. The molecule has 43 heavy (non-hydrogen) atoms. The number of anilines is 3. The predicted molar refractivity (Wildman–Crippen MR) is 179 cm³/mol. The fraction of sp³-hybridized carbons (Fsp3) is 0. The topological polar surface area (TPSA) is 29.5 Å². The van der Waals surface area contributed by atoms with E-state index in [1.165, 1.54) is 5.39 Å². The van der Waals surface area contributed by atoms with E-state index in [2.05, 4.69) is 138 Å². The zero-order chi connectivity index (χ0) is 28.3. The summed E-state index contributed by atoms with van der Waals surface area (Å²) < 4.78 is 12.9. The maximum atomic E-state index is 6.74. The molecule has 0 saturated heterocycles. The van der Waals surface area contributed by atoms with Gasteiger partial charge in [0, 0.05) is 38.3 Å². The minimum Gasteiger partial charge on any atom is -0.456 e. The van der Waals surface area contributed by atoms with Gasteiger partial charge in [-0.1, -0.05) is 103 Å². The first-order valence-electron chi connectivity index (χ1n) is 14.5. The SMILES string of the molecule is c1ccc(N(c2ccc(-c3cccc4oc5ccccc5c34)cc2)c2cccc3c2oc2c4ccccc4ccc32)cc1. The van der Waals surface area contributed by atoms with E-state index >= 15 is 0 Å². The Morgan fingerprint density at radius 3 is 1.95 bits per heavy atom. The Labute approximate surface area is 247 Å². The zero-order valence-corrected chi connectivity index (χ0v) is 23.2. The second kappa shape index (κ2) is 9.37. The second-order valence-electron chi connectivity index (χ2n) is 10.9. The molecular formula is C40H25NO2. The molecule has 0 radical (unpaired) electrons. The second-order valence-corrected chi connectivity index (χ2v) is 10.9. The third kappa shape index (κ3) is 3.68. The Balaban J connectivity index is 1.23. The van der Waals surface area contributed by atoms with E-state index in [1.807, 2.05) is 18.2 Å². The summed E-state index contributed by atoms with van der Waals surface area (Å²) in [7, 11) is 0. The summed E-state index contributed by atoms with van der Waals surface area (Å²) >= 11 is 0. The van der Waals surface area contributed by atoms with E-state index in [4.69, 9.17) is 8.83 Å². The number of fused-ring (bicyclic) bond motifs is 8. The zero-order valence-electron chi connectivity index (χ0n) is 23.2. The first-order valence-corrected chi connectivity index (χ1v) is 14.5. The van der Waals surface area contributed by atoms with Gasteiger partial charge in [-0.3, -0.25) is 0 Å². The summed E-state index contributed by atoms with van der Waals surface area (Å²) in [4.78, 5) is 2.28. The quantitative estimate of drug-likeness (QED) is 0.218. The Hall–Kier alpha value is -5.80. The molecule has 9 rings (SSSR count). The molecule has 9 aromatic rings. The Morgan fingerprint density at radius 1 is 0.395 bits per heavy atom. The Kier molecular flexibility index (Phi) is 5.20. The van der Waals surface area contributed by atoms with Gasteiger partial charge in [0.05, 0.1) is 5.69 Å². The highest BCUT2D eigenvalue weighted by molar-refractivity contribution is 6.17. The summed E-state index contributed by atoms with van der Waals surface area (Å²) in [5.74, 6) is 0. The van der Waals surface area contributed by atoms with E-state index in [-0.39, 0.29) is 0 Å². The van der Waals surface area contributed by atoms with Gasteiger partial charge < -0.3 is 13.7 Å². The van der Waals surface area contributed by atoms with Gasteiger partial charge in [-0.05, 0) is 65.0 Å². The molecule has 0 aliphatic carbocycles. The molecule has 3 heteroatoms. The molecule has 0 aliphatic rings. The van der Waals surface area contributed by atoms with Gasteiger partial charge in [0.15, 0.2) is 5.58 Å². The third-order valence-corrected chi connectivity index (χ3v) is 8.46. The van der Waals surface area contributed by atoms with E-state index in [9.17, 15) is 0 Å². The van der Waals surface area contributed by atoms with Crippen LogP contribution in [0.25, 0.3) is 65.8 Å². The van der Waals surface area contributed by atoms with Crippen molar-refractivity contribution >= 4 is 71.7 Å². The lowest BCUT2D eigenvalue weighted by atomic mass is 9.99. The molecule has 0 atom stereocenters. The summed E-state index contributed by atoms with van der Waals surface area (Å²) in [6.45, 7) is 0. The number of hydrogen-bond acceptors (Lipinski definition) is 3. The van der Waals surface area contributed by atoms with Crippen LogP contribution in [0.1, 0.15) is 0 Å². The molecule has 2 heterocycles. The molecule has 0 amide bonds. The normalized spacial score (nSPS) is 11.7. The van der Waals surface area contributed by atoms with Gasteiger partial charge in [0.2, 0.25) is 0 Å². The largest absolute Gasteiger partial charge is 0.456 e. The van der Waals surface area contributed by atoms with Crippen molar-refractivity contribution in [3.8, 4) is 11.1 Å². The summed E-state index contributed by atoms with van der Waals surface area (Å²) in [5, 5.41) is 6.80. The van der Waals surface area contributed by atoms with E-state index < -0.39 is 0 Å². The molecule has 0 spiro atoms. The average Bonchev–Trinajstić information content (AvgIpc) is 3.65. The maximum Gasteiger partial charge on any atom is 0.159 e. The molecule has 0 fully saturated rings. The van der Waals surface area contributed by atoms with Gasteiger partial charge in [0.25, 0.3) is 0 Å². The maximum absolute atomic E-state index is 6.74. The summed E-state index contributed by atoms with van der Waals surface area (Å²) in [6.07, 6.45) is 0. The van der Waals surface area contributed by atoms with Crippen LogP contribution in [-0.4, -0.2) is 0 Å². The minimum atomic E-state index is 0.872. The molecule has 0 N–H and O–H groups in total. The Morgan fingerprint density at radius 2 is 1.07 bits per heavy atom. The van der Waals surface area contributed by atoms with Gasteiger partial charge >= 0.3 is 0 Å². The molecule has 0 aliphatic heterocycles. The molecular weight excluding hydrogens is 526 g/mol. The number of nitrogens with zero attached hydrogens (tertiary/aromatic N) is 1. The lowest BCUT2D eigenvalue weighted by molar-refractivity contribution is 0.669. The molecule has 7 aromatic carbocycles. The fourth-order valence-corrected chi connectivity index (χ4v) is 6.50. The van der Waals surface area contributed by atoms with Crippen molar-refractivity contribution in [3.63, 3.8) is 0 Å². The van der Waals surface area contributed by atoms with Crippen molar-refractivity contribution in [1.82, 2.24) is 0 Å². The van der Waals surface area contributed by atoms with Crippen molar-refractivity contribution in [2.24, 2.45) is 0 Å². The van der Waals surface area contributed by atoms with Crippen molar-refractivity contribution in [2.45, 2.75) is 0 Å². The van der Waals surface area contributed by atoms with Crippen LogP contribution in [0, 0.1) is 0 Å². The van der Waals surface area contributed by atoms with E-state index in [1.54, 1.807) is 0 Å². The van der Waals surface area contributed by atoms with Gasteiger partial charge in [-0.25, -0.2) is 0 Å². The van der Waals surface area contributed by atoms with Crippen LogP contribution >= 0.6 is 0 Å². The van der Waals surface area contributed by atoms with Gasteiger partial charge in [0.1, 0.15) is 16.7 Å². The molecule has 0 unspecified atom stereocenters. The van der Waals surface area contributed by atoms with E-state index in [0.29, 0.717) is 0 Å². The summed E-state index contributed by atoms with van der Waals surface area (Å²) in [6, 6.07) is 53.0. The molecule has 0 saturated carbocycles. The predicted octanol–water partition coefficient (Wildman–Crippen LogP) is 11.8. The van der Waals surface area contributed by atoms with Crippen molar-refractivity contribution in [2.75, 3.05) is 4.90 Å². The minimum absolute atomic E-state index is 0.872. The standard InChI is InChI=1S/C40H25NO2/c1-2-11-28(12-3-1)41(35-17-8-16-32-33-25-22-26-10-4-5-13-31(26)39(33)43-40(32)35)29-23-20-27(21-24-29)30-15-9-19-37-38(30)34-14-6-7-18-36(34)42-37/h1-25H. The highest BCUT2D eigenvalue weighted by Gasteiger charge is 2.20. The summed E-state index contributed by atoms with van der Waals surface area (Å²) in [5.41, 5.74) is 9.02. The van der Waals surface area contributed by atoms with Crippen LogP contribution in [0.15, 0.2) is 160 Å². The lowest BCUT2D eigenvalue weighted by Gasteiger charge is -2.25. The first-order chi connectivity index (χ1) is 21.3. The third-order valence-electron chi connectivity index (χ3n) is 8.46. The van der Waals surface area contributed by atoms with Crippen molar-refractivity contribution in [1.29, 1.82) is 0 Å². The molecule has 202 valence electrons. The fourth-order valence-electron chi connectivity index (χ4n) is 6.50. The van der Waals surface area contributed by atoms with E-state index in [0.717, 1.165) is 77.5 Å². The van der Waals surface area contributed by atoms with Crippen molar-refractivity contribution < 1.29 is 8.83 Å². The van der Waals surface area contributed by atoms with Crippen LogP contribution in [0.5, 0.6) is 0 Å². The number of hydrogen-bond donors (Lipinski definition) is 0. The van der Waals surface area contributed by atoms with Crippen LogP contribution in [0.3, 0.4) is 0 Å². The van der Waals surface area contributed by atoms with Gasteiger partial charge in [-0.2, -0.15) is 0 Å².